The first-order valence-corrected chi connectivity index (χ1v) is 30.0. The molecule has 18 heteroatoms. The Bertz CT molecular complexity index is 1980. The van der Waals surface area contributed by atoms with E-state index in [-0.39, 0.29) is 17.9 Å². The molecule has 0 aliphatic rings. The second kappa shape index (κ2) is 29.9. The SMILES string of the molecule is CCCCCCC[C@@H](C[C@@H](NC(=O)[C@H](C)NC(=O)OC(C)(C)C)[C@@H](O)C(=O)N[C@@H](C(=O)N[C@H](C(=O)N[C@@H](CCCc1ccc(OC)cc1)C(=O)O)C(C)C)[C@H](C)[Se]c1ccccc1)O[Si](C)(C)C(C)(C)C. The van der Waals surface area contributed by atoms with Gasteiger partial charge in [0.05, 0.1) is 7.11 Å². The second-order valence-electron chi connectivity index (χ2n) is 21.4. The number of carboxylic acid groups (broad SMARTS) is 1. The van der Waals surface area contributed by atoms with Crippen molar-refractivity contribution in [2.24, 2.45) is 5.92 Å². The van der Waals surface area contributed by atoms with Gasteiger partial charge in [0.1, 0.15) is 11.4 Å². The van der Waals surface area contributed by atoms with Crippen molar-refractivity contribution in [3.63, 3.8) is 0 Å². The zero-order valence-electron chi connectivity index (χ0n) is 44.9. The van der Waals surface area contributed by atoms with Gasteiger partial charge in [0.2, 0.25) is 0 Å². The molecule has 400 valence electrons. The summed E-state index contributed by atoms with van der Waals surface area (Å²) < 4.78 is 18.5. The molecule has 71 heavy (non-hydrogen) atoms. The number of methoxy groups -OCH3 is 1. The topological polar surface area (TPSA) is 231 Å². The summed E-state index contributed by atoms with van der Waals surface area (Å²) >= 11 is -0.411. The standard InChI is InChI=1S/C53H87N5O11SeSi/c1-15-16-17-18-20-25-39(69-71(13,14)53(9,10)11)33-42(56-46(60)35(4)54-51(66)68-52(6,7)8)45(59)49(63)58-44(36(5)70-40-26-21-19-22-27-40)48(62)57-43(34(2)3)47(61)55-41(50(64)65)28-23-24-37-29-31-38(67-12)32-30-37/h19,21-22,26-27,29-32,34-36,39,41-45,59H,15-18,20,23-25,28,33H2,1-14H3,(H,54,66)(H,55,61)(H,56,60)(H,57,62)(H,58,63)(H,64,65)/t35-,36-,39-,41-,42+,43-,44+,45+/m0/s1. The molecule has 0 spiro atoms. The van der Waals surface area contributed by atoms with Crippen LogP contribution in [0.4, 0.5) is 4.79 Å². The molecule has 0 saturated heterocycles. The van der Waals surface area contributed by atoms with Gasteiger partial charge >= 0.3 is 345 Å². The number of aliphatic hydroxyl groups is 1. The van der Waals surface area contributed by atoms with E-state index in [1.54, 1.807) is 48.7 Å². The predicted octanol–water partition coefficient (Wildman–Crippen LogP) is 6.95. The molecule has 0 unspecified atom stereocenters. The summed E-state index contributed by atoms with van der Waals surface area (Å²) in [6, 6.07) is 10.8. The Morgan fingerprint density at radius 1 is 0.704 bits per heavy atom. The summed E-state index contributed by atoms with van der Waals surface area (Å²) in [5, 5.41) is 35.7. The number of benzene rings is 2. The van der Waals surface area contributed by atoms with Gasteiger partial charge in [-0.3, -0.25) is 0 Å². The Hall–Kier alpha value is -4.48. The van der Waals surface area contributed by atoms with Gasteiger partial charge in [-0.1, -0.05) is 31.9 Å². The van der Waals surface area contributed by atoms with Crippen LogP contribution >= 0.6 is 0 Å². The van der Waals surface area contributed by atoms with Gasteiger partial charge in [-0.25, -0.2) is 0 Å². The number of unbranched alkanes of at least 4 members (excludes halogenated alkanes) is 4. The number of amides is 5. The van der Waals surface area contributed by atoms with E-state index in [0.29, 0.717) is 25.0 Å². The average molecular weight is 1080 g/mol. The minimum absolute atomic E-state index is 0.0422. The normalized spacial score (nSPS) is 15.4. The molecule has 0 radical (unpaired) electrons. The van der Waals surface area contributed by atoms with Gasteiger partial charge in [-0.05, 0) is 32.9 Å². The van der Waals surface area contributed by atoms with E-state index < -0.39 is 118 Å². The Balaban J connectivity index is 2.52. The number of nitrogens with one attached hydrogen (secondary N) is 5. The molecule has 8 atom stereocenters. The Labute approximate surface area is 431 Å². The predicted molar refractivity (Wildman–Crippen MR) is 282 cm³/mol. The van der Waals surface area contributed by atoms with Gasteiger partial charge in [0.15, 0.2) is 0 Å². The summed E-state index contributed by atoms with van der Waals surface area (Å²) in [5.41, 5.74) is 0.150. The van der Waals surface area contributed by atoms with Crippen molar-refractivity contribution in [1.82, 2.24) is 26.6 Å². The molecule has 0 heterocycles. The van der Waals surface area contributed by atoms with Crippen molar-refractivity contribution in [1.29, 1.82) is 0 Å². The van der Waals surface area contributed by atoms with Gasteiger partial charge in [-0.2, -0.15) is 0 Å². The molecule has 0 aliphatic carbocycles. The summed E-state index contributed by atoms with van der Waals surface area (Å²) in [5.74, 6) is -4.04. The number of aliphatic hydroxyl groups excluding tert-OH is 1. The van der Waals surface area contributed by atoms with E-state index in [1.807, 2.05) is 54.6 Å². The van der Waals surface area contributed by atoms with Crippen LogP contribution < -0.4 is 35.8 Å². The Kier molecular flexibility index (Phi) is 26.4. The van der Waals surface area contributed by atoms with E-state index >= 15 is 0 Å². The van der Waals surface area contributed by atoms with Crippen molar-refractivity contribution < 1.29 is 52.9 Å². The number of hydrogen-bond donors (Lipinski definition) is 7. The molecule has 2 aromatic carbocycles. The van der Waals surface area contributed by atoms with Crippen LogP contribution in [0.1, 0.15) is 140 Å². The van der Waals surface area contributed by atoms with Crippen LogP contribution in [0.3, 0.4) is 0 Å². The fourth-order valence-electron chi connectivity index (χ4n) is 7.40. The van der Waals surface area contributed by atoms with E-state index in [0.717, 1.165) is 42.1 Å². The number of carbonyl (C=O) groups is 6. The molecule has 2 aromatic rings. The number of alkyl carbamates (subject to hydrolysis) is 1. The van der Waals surface area contributed by atoms with Crippen LogP contribution in [0.2, 0.25) is 22.9 Å². The van der Waals surface area contributed by atoms with Crippen molar-refractivity contribution in [3.8, 4) is 5.75 Å². The molecule has 7 N–H and O–H groups in total. The molecule has 2 rings (SSSR count). The van der Waals surface area contributed by atoms with Gasteiger partial charge < -0.3 is 4.74 Å². The summed E-state index contributed by atoms with van der Waals surface area (Å²) in [4.78, 5) is 81.5. The molecule has 16 nitrogen and oxygen atoms in total. The quantitative estimate of drug-likeness (QED) is 0.0313. The molecule has 0 aromatic heterocycles. The maximum absolute atomic E-state index is 14.6. The first kappa shape index (κ1) is 62.6. The molecule has 0 bridgehead atoms. The maximum atomic E-state index is 14.6. The van der Waals surface area contributed by atoms with E-state index in [2.05, 4.69) is 67.4 Å². The second-order valence-corrected chi connectivity index (χ2v) is 29.2. The number of rotatable bonds is 30. The van der Waals surface area contributed by atoms with Gasteiger partial charge in [0, 0.05) is 0 Å². The number of ether oxygens (including phenoxy) is 2. The van der Waals surface area contributed by atoms with Crippen LogP contribution in [-0.2, 0) is 39.6 Å². The molecule has 0 fully saturated rings. The van der Waals surface area contributed by atoms with Crippen LogP contribution in [0.5, 0.6) is 5.75 Å². The number of hydrogen-bond acceptors (Lipinski definition) is 10. The molecular formula is C53H87N5O11SeSi. The van der Waals surface area contributed by atoms with Gasteiger partial charge in [-0.15, -0.1) is 0 Å². The number of aryl methyl sites for hydroxylation is 1. The van der Waals surface area contributed by atoms with Crippen molar-refractivity contribution in [2.75, 3.05) is 7.11 Å². The monoisotopic (exact) mass is 1080 g/mol. The molecular weight excluding hydrogens is 990 g/mol. The third-order valence-electron chi connectivity index (χ3n) is 12.6. The van der Waals surface area contributed by atoms with E-state index in [1.165, 1.54) is 6.92 Å². The fraction of sp³-hybridized carbons (Fsp3) is 0.660. The zero-order chi connectivity index (χ0) is 53.7. The minimum atomic E-state index is -2.44. The van der Waals surface area contributed by atoms with E-state index in [4.69, 9.17) is 13.9 Å². The summed E-state index contributed by atoms with van der Waals surface area (Å²) in [6.07, 6.45) is 3.59. The first-order valence-electron chi connectivity index (χ1n) is 25.2. The summed E-state index contributed by atoms with van der Waals surface area (Å²) in [6.45, 7) is 24.5. The van der Waals surface area contributed by atoms with Crippen molar-refractivity contribution >= 4 is 63.4 Å². The Morgan fingerprint density at radius 3 is 1.85 bits per heavy atom. The number of carbonyl (C=O) groups excluding carboxylic acids is 5. The van der Waals surface area contributed by atoms with Crippen LogP contribution in [0.25, 0.3) is 0 Å². The van der Waals surface area contributed by atoms with Gasteiger partial charge in [0.25, 0.3) is 0 Å². The first-order chi connectivity index (χ1) is 33.1. The van der Waals surface area contributed by atoms with E-state index in [9.17, 15) is 39.0 Å². The van der Waals surface area contributed by atoms with Crippen LogP contribution in [0.15, 0.2) is 54.6 Å². The molecule has 0 saturated carbocycles. The molecule has 0 aliphatic heterocycles. The summed E-state index contributed by atoms with van der Waals surface area (Å²) in [7, 11) is -0.860. The number of carboxylic acids is 1. The fourth-order valence-corrected chi connectivity index (χ4v) is 11.0. The van der Waals surface area contributed by atoms with Crippen molar-refractivity contribution in [3.05, 3.63) is 60.2 Å². The third kappa shape index (κ3) is 22.9. The number of aliphatic carboxylic acids is 1. The zero-order valence-corrected chi connectivity index (χ0v) is 47.7. The molecule has 5 amide bonds. The van der Waals surface area contributed by atoms with Crippen LogP contribution in [-0.4, -0.2) is 124 Å². The average Bonchev–Trinajstić information content (AvgIpc) is 3.27. The van der Waals surface area contributed by atoms with Crippen molar-refractivity contribution in [2.45, 2.75) is 211 Å². The third-order valence-corrected chi connectivity index (χ3v) is 19.6. The van der Waals surface area contributed by atoms with Crippen LogP contribution in [0, 0.1) is 5.92 Å². The Morgan fingerprint density at radius 2 is 1.30 bits per heavy atom.